The first-order valence-electron chi connectivity index (χ1n) is 9.31. The molecule has 8 heteroatoms. The molecule has 0 aliphatic carbocycles. The maximum Gasteiger partial charge on any atom is 0.181 e. The zero-order valence-electron chi connectivity index (χ0n) is 15.6. The molecule has 5 rings (SSSR count). The number of ether oxygens (including phenoxy) is 1. The summed E-state index contributed by atoms with van der Waals surface area (Å²) in [7, 11) is 0. The van der Waals surface area contributed by atoms with Gasteiger partial charge in [-0.3, -0.25) is 9.50 Å². The lowest BCUT2D eigenvalue weighted by atomic mass is 10.2. The van der Waals surface area contributed by atoms with Crippen LogP contribution in [-0.2, 0) is 4.74 Å². The van der Waals surface area contributed by atoms with Gasteiger partial charge in [-0.15, -0.1) is 0 Å². The van der Waals surface area contributed by atoms with Crippen molar-refractivity contribution in [1.29, 1.82) is 0 Å². The third-order valence-electron chi connectivity index (χ3n) is 5.01. The van der Waals surface area contributed by atoms with Gasteiger partial charge in [-0.25, -0.2) is 9.97 Å². The molecule has 28 heavy (non-hydrogen) atoms. The summed E-state index contributed by atoms with van der Waals surface area (Å²) in [6.07, 6.45) is 7.34. The average Bonchev–Trinajstić information content (AvgIpc) is 3.41. The summed E-state index contributed by atoms with van der Waals surface area (Å²) in [6, 6.07) is 8.40. The van der Waals surface area contributed by atoms with Gasteiger partial charge in [0.05, 0.1) is 31.3 Å². The highest BCUT2D eigenvalue weighted by atomic mass is 16.5. The lowest BCUT2D eigenvalue weighted by molar-refractivity contribution is 0.122. The Morgan fingerprint density at radius 2 is 1.86 bits per heavy atom. The normalized spacial score (nSPS) is 14.5. The van der Waals surface area contributed by atoms with E-state index < -0.39 is 0 Å². The molecular formula is C20H21N7O. The van der Waals surface area contributed by atoms with Crippen molar-refractivity contribution in [2.75, 3.05) is 36.5 Å². The Morgan fingerprint density at radius 3 is 2.61 bits per heavy atom. The van der Waals surface area contributed by atoms with Gasteiger partial charge in [0.2, 0.25) is 0 Å². The third kappa shape index (κ3) is 2.97. The van der Waals surface area contributed by atoms with Gasteiger partial charge < -0.3 is 15.0 Å². The first kappa shape index (κ1) is 16.8. The van der Waals surface area contributed by atoms with Crippen molar-refractivity contribution in [3.8, 4) is 11.3 Å². The summed E-state index contributed by atoms with van der Waals surface area (Å²) in [6.45, 7) is 5.45. The molecule has 0 bridgehead atoms. The van der Waals surface area contributed by atoms with Gasteiger partial charge in [0, 0.05) is 48.1 Å². The molecular weight excluding hydrogens is 354 g/mol. The van der Waals surface area contributed by atoms with E-state index in [0.29, 0.717) is 0 Å². The number of hydrogen-bond donors (Lipinski definition) is 2. The minimum absolute atomic E-state index is 0.722. The number of aromatic nitrogens is 5. The number of anilines is 3. The SMILES string of the molecule is Cc1cnc2c(Nc3ccc(N4CCOCC4)cc3)ncc(-c3cn[nH]c3)n12. The highest BCUT2D eigenvalue weighted by molar-refractivity contribution is 5.75. The number of nitrogens with one attached hydrogen (secondary N) is 2. The number of benzene rings is 1. The van der Waals surface area contributed by atoms with Crippen LogP contribution in [0.1, 0.15) is 5.69 Å². The summed E-state index contributed by atoms with van der Waals surface area (Å²) in [5.41, 5.74) is 5.93. The second-order valence-corrected chi connectivity index (χ2v) is 6.81. The Hall–Kier alpha value is -3.39. The molecule has 4 aromatic rings. The quantitative estimate of drug-likeness (QED) is 0.571. The average molecular weight is 375 g/mol. The van der Waals surface area contributed by atoms with E-state index in [0.717, 1.165) is 60.4 Å². The first-order valence-corrected chi connectivity index (χ1v) is 9.31. The minimum atomic E-state index is 0.722. The summed E-state index contributed by atoms with van der Waals surface area (Å²) >= 11 is 0. The molecule has 0 atom stereocenters. The largest absolute Gasteiger partial charge is 0.378 e. The summed E-state index contributed by atoms with van der Waals surface area (Å²) in [5, 5.41) is 10.3. The Kier molecular flexibility index (Phi) is 4.17. The van der Waals surface area contributed by atoms with E-state index in [1.165, 1.54) is 5.69 Å². The van der Waals surface area contributed by atoms with Crippen LogP contribution in [0.4, 0.5) is 17.2 Å². The van der Waals surface area contributed by atoms with E-state index in [1.807, 2.05) is 25.5 Å². The second kappa shape index (κ2) is 6.97. The fraction of sp³-hybridized carbons (Fsp3) is 0.250. The lowest BCUT2D eigenvalue weighted by Gasteiger charge is -2.28. The highest BCUT2D eigenvalue weighted by Gasteiger charge is 2.14. The van der Waals surface area contributed by atoms with E-state index in [4.69, 9.17) is 4.74 Å². The predicted molar refractivity (Wildman–Crippen MR) is 108 cm³/mol. The van der Waals surface area contributed by atoms with Crippen molar-refractivity contribution < 1.29 is 4.74 Å². The molecule has 0 radical (unpaired) electrons. The zero-order chi connectivity index (χ0) is 18.9. The van der Waals surface area contributed by atoms with Crippen molar-refractivity contribution in [2.24, 2.45) is 0 Å². The van der Waals surface area contributed by atoms with Gasteiger partial charge in [0.15, 0.2) is 11.5 Å². The molecule has 0 saturated carbocycles. The molecule has 0 unspecified atom stereocenters. The number of fused-ring (bicyclic) bond motifs is 1. The number of imidazole rings is 1. The summed E-state index contributed by atoms with van der Waals surface area (Å²) in [5.74, 6) is 0.722. The van der Waals surface area contributed by atoms with Crippen LogP contribution in [0.15, 0.2) is 49.1 Å². The highest BCUT2D eigenvalue weighted by Crippen LogP contribution is 2.27. The molecule has 142 valence electrons. The number of hydrogen-bond acceptors (Lipinski definition) is 6. The number of H-pyrrole nitrogens is 1. The number of morpholine rings is 1. The molecule has 1 fully saturated rings. The molecule has 1 saturated heterocycles. The maximum atomic E-state index is 5.43. The van der Waals surface area contributed by atoms with E-state index in [2.05, 4.69) is 59.0 Å². The van der Waals surface area contributed by atoms with Crippen LogP contribution in [0.5, 0.6) is 0 Å². The lowest BCUT2D eigenvalue weighted by Crippen LogP contribution is -2.36. The Bertz CT molecular complexity index is 1080. The Labute approximate surface area is 162 Å². The van der Waals surface area contributed by atoms with Crippen LogP contribution >= 0.6 is 0 Å². The molecule has 2 N–H and O–H groups in total. The van der Waals surface area contributed by atoms with Gasteiger partial charge in [0.1, 0.15) is 0 Å². The van der Waals surface area contributed by atoms with Gasteiger partial charge in [0.25, 0.3) is 0 Å². The first-order chi connectivity index (χ1) is 13.8. The van der Waals surface area contributed by atoms with Crippen molar-refractivity contribution in [3.05, 3.63) is 54.7 Å². The van der Waals surface area contributed by atoms with E-state index in [9.17, 15) is 0 Å². The maximum absolute atomic E-state index is 5.43. The summed E-state index contributed by atoms with van der Waals surface area (Å²) in [4.78, 5) is 11.5. The number of nitrogens with zero attached hydrogens (tertiary/aromatic N) is 5. The summed E-state index contributed by atoms with van der Waals surface area (Å²) < 4.78 is 7.51. The molecule has 0 amide bonds. The number of aromatic amines is 1. The van der Waals surface area contributed by atoms with E-state index >= 15 is 0 Å². The fourth-order valence-electron chi connectivity index (χ4n) is 3.55. The third-order valence-corrected chi connectivity index (χ3v) is 5.01. The number of rotatable bonds is 4. The van der Waals surface area contributed by atoms with E-state index in [1.54, 1.807) is 6.20 Å². The van der Waals surface area contributed by atoms with Gasteiger partial charge in [-0.1, -0.05) is 0 Å². The smallest absolute Gasteiger partial charge is 0.181 e. The van der Waals surface area contributed by atoms with Crippen molar-refractivity contribution in [3.63, 3.8) is 0 Å². The van der Waals surface area contributed by atoms with Crippen molar-refractivity contribution in [2.45, 2.75) is 6.92 Å². The molecule has 0 spiro atoms. The predicted octanol–water partition coefficient (Wildman–Crippen LogP) is 3.01. The van der Waals surface area contributed by atoms with Crippen LogP contribution in [0.25, 0.3) is 16.9 Å². The Morgan fingerprint density at radius 1 is 1.04 bits per heavy atom. The van der Waals surface area contributed by atoms with Crippen LogP contribution in [0.2, 0.25) is 0 Å². The van der Waals surface area contributed by atoms with E-state index in [-0.39, 0.29) is 0 Å². The van der Waals surface area contributed by atoms with Gasteiger partial charge >= 0.3 is 0 Å². The number of aryl methyl sites for hydroxylation is 1. The fourth-order valence-corrected chi connectivity index (χ4v) is 3.55. The Balaban J connectivity index is 1.45. The van der Waals surface area contributed by atoms with Crippen molar-refractivity contribution >= 4 is 22.8 Å². The van der Waals surface area contributed by atoms with Crippen LogP contribution < -0.4 is 10.2 Å². The van der Waals surface area contributed by atoms with Gasteiger partial charge in [-0.2, -0.15) is 5.10 Å². The topological polar surface area (TPSA) is 83.4 Å². The standard InChI is InChI=1S/C20H21N7O/c1-14-10-22-20-19(21-13-18(27(14)20)15-11-23-24-12-15)25-16-2-4-17(5-3-16)26-6-8-28-9-7-26/h2-5,10-13H,6-9H2,1H3,(H,21,25)(H,23,24). The van der Waals surface area contributed by atoms with Crippen molar-refractivity contribution in [1.82, 2.24) is 24.6 Å². The van der Waals surface area contributed by atoms with Crippen LogP contribution in [0, 0.1) is 6.92 Å². The zero-order valence-corrected chi connectivity index (χ0v) is 15.6. The minimum Gasteiger partial charge on any atom is -0.378 e. The molecule has 8 nitrogen and oxygen atoms in total. The second-order valence-electron chi connectivity index (χ2n) is 6.81. The van der Waals surface area contributed by atoms with Gasteiger partial charge in [-0.05, 0) is 31.2 Å². The molecule has 1 aliphatic heterocycles. The molecule has 1 aromatic carbocycles. The molecule has 3 aromatic heterocycles. The monoisotopic (exact) mass is 375 g/mol. The van der Waals surface area contributed by atoms with Crippen LogP contribution in [0.3, 0.4) is 0 Å². The van der Waals surface area contributed by atoms with Crippen LogP contribution in [-0.4, -0.2) is 50.9 Å². The molecule has 1 aliphatic rings. The molecule has 4 heterocycles.